The van der Waals surface area contributed by atoms with Gasteiger partial charge in [0, 0.05) is 12.5 Å². The van der Waals surface area contributed by atoms with Crippen molar-refractivity contribution >= 4 is 5.91 Å². The highest BCUT2D eigenvalue weighted by molar-refractivity contribution is 5.79. The predicted octanol–water partition coefficient (Wildman–Crippen LogP) is 1.35. The fourth-order valence-corrected chi connectivity index (χ4v) is 2.82. The van der Waals surface area contributed by atoms with Gasteiger partial charge in [-0.15, -0.1) is 0 Å². The van der Waals surface area contributed by atoms with E-state index in [4.69, 9.17) is 5.73 Å². The highest BCUT2D eigenvalue weighted by Gasteiger charge is 2.31. The van der Waals surface area contributed by atoms with E-state index in [0.717, 1.165) is 19.3 Å². The van der Waals surface area contributed by atoms with Crippen LogP contribution in [0.1, 0.15) is 30.9 Å². The molecule has 0 aromatic heterocycles. The smallest absolute Gasteiger partial charge is 0.223 e. The molecule has 1 fully saturated rings. The minimum atomic E-state index is -0.896. The summed E-state index contributed by atoms with van der Waals surface area (Å²) in [4.78, 5) is 12.1. The van der Waals surface area contributed by atoms with Crippen molar-refractivity contribution in [1.29, 1.82) is 0 Å². The first-order chi connectivity index (χ1) is 9.61. The maximum Gasteiger partial charge on any atom is 0.223 e. The maximum atomic E-state index is 13.1. The van der Waals surface area contributed by atoms with E-state index in [1.807, 2.05) is 0 Å². The molecule has 4 nitrogen and oxygen atoms in total. The van der Waals surface area contributed by atoms with Gasteiger partial charge in [0.25, 0.3) is 0 Å². The van der Waals surface area contributed by atoms with Crippen LogP contribution >= 0.6 is 0 Å². The molecule has 0 bridgehead atoms. The lowest BCUT2D eigenvalue weighted by molar-refractivity contribution is -0.126. The Morgan fingerprint density at radius 1 is 1.50 bits per heavy atom. The molecule has 1 amide bonds. The Labute approximate surface area is 118 Å². The predicted molar refractivity (Wildman–Crippen MR) is 74.3 cm³/mol. The van der Waals surface area contributed by atoms with Gasteiger partial charge in [0.05, 0.1) is 6.10 Å². The SMILES string of the molecule is NC[C@H]1CCC[C@H]1C(=O)NCC(O)c1cccc(F)c1. The van der Waals surface area contributed by atoms with E-state index in [1.165, 1.54) is 18.2 Å². The number of carbonyl (C=O) groups excluding carboxylic acids is 1. The molecule has 0 aliphatic heterocycles. The van der Waals surface area contributed by atoms with Gasteiger partial charge in [0.1, 0.15) is 5.82 Å². The van der Waals surface area contributed by atoms with E-state index in [-0.39, 0.29) is 24.3 Å². The molecule has 3 atom stereocenters. The molecule has 20 heavy (non-hydrogen) atoms. The number of halogens is 1. The van der Waals surface area contributed by atoms with Crippen molar-refractivity contribution in [3.05, 3.63) is 35.6 Å². The van der Waals surface area contributed by atoms with Crippen molar-refractivity contribution in [2.45, 2.75) is 25.4 Å². The Balaban J connectivity index is 1.87. The number of hydrogen-bond donors (Lipinski definition) is 3. The fraction of sp³-hybridized carbons (Fsp3) is 0.533. The van der Waals surface area contributed by atoms with Gasteiger partial charge in [0.15, 0.2) is 0 Å². The van der Waals surface area contributed by atoms with Crippen LogP contribution in [0, 0.1) is 17.7 Å². The van der Waals surface area contributed by atoms with Crippen molar-refractivity contribution in [3.8, 4) is 0 Å². The zero-order chi connectivity index (χ0) is 14.5. The molecule has 1 aromatic rings. The molecule has 1 aliphatic carbocycles. The van der Waals surface area contributed by atoms with Crippen LogP contribution in [0.25, 0.3) is 0 Å². The number of benzene rings is 1. The molecule has 1 saturated carbocycles. The summed E-state index contributed by atoms with van der Waals surface area (Å²) in [6.07, 6.45) is 1.96. The molecule has 1 unspecified atom stereocenters. The van der Waals surface area contributed by atoms with Gasteiger partial charge in [-0.25, -0.2) is 4.39 Å². The minimum absolute atomic E-state index is 0.0558. The first kappa shape index (κ1) is 14.9. The third kappa shape index (κ3) is 3.55. The number of hydrogen-bond acceptors (Lipinski definition) is 3. The number of carbonyl (C=O) groups is 1. The molecular weight excluding hydrogens is 259 g/mol. The summed E-state index contributed by atoms with van der Waals surface area (Å²) in [5.41, 5.74) is 6.12. The number of amides is 1. The van der Waals surface area contributed by atoms with Gasteiger partial charge in [-0.05, 0) is 43.0 Å². The Hall–Kier alpha value is -1.46. The van der Waals surface area contributed by atoms with Crippen molar-refractivity contribution in [3.63, 3.8) is 0 Å². The number of rotatable bonds is 5. The average Bonchev–Trinajstić information content (AvgIpc) is 2.92. The molecule has 2 rings (SSSR count). The van der Waals surface area contributed by atoms with Gasteiger partial charge < -0.3 is 16.2 Å². The number of aliphatic hydroxyl groups is 1. The van der Waals surface area contributed by atoms with Crippen LogP contribution in [0.4, 0.5) is 4.39 Å². The molecule has 5 heteroatoms. The minimum Gasteiger partial charge on any atom is -0.387 e. The zero-order valence-corrected chi connectivity index (χ0v) is 11.4. The monoisotopic (exact) mass is 280 g/mol. The largest absolute Gasteiger partial charge is 0.387 e. The van der Waals surface area contributed by atoms with Crippen LogP contribution in [0.3, 0.4) is 0 Å². The Kier molecular flexibility index (Phi) is 5.09. The lowest BCUT2D eigenvalue weighted by Gasteiger charge is -2.19. The fourth-order valence-electron chi connectivity index (χ4n) is 2.82. The van der Waals surface area contributed by atoms with Crippen molar-refractivity contribution in [1.82, 2.24) is 5.32 Å². The Morgan fingerprint density at radius 3 is 3.00 bits per heavy atom. The highest BCUT2D eigenvalue weighted by Crippen LogP contribution is 2.31. The van der Waals surface area contributed by atoms with Gasteiger partial charge in [-0.1, -0.05) is 18.6 Å². The van der Waals surface area contributed by atoms with E-state index < -0.39 is 11.9 Å². The van der Waals surface area contributed by atoms with Crippen LogP contribution in [-0.4, -0.2) is 24.1 Å². The van der Waals surface area contributed by atoms with E-state index in [2.05, 4.69) is 5.32 Å². The standard InChI is InChI=1S/C15H21FN2O2/c16-12-5-1-3-10(7-12)14(19)9-18-15(20)13-6-2-4-11(13)8-17/h1,3,5,7,11,13-14,19H,2,4,6,8-9,17H2,(H,18,20)/t11-,13-,14?/m1/s1. The van der Waals surface area contributed by atoms with Crippen LogP contribution < -0.4 is 11.1 Å². The molecule has 0 radical (unpaired) electrons. The van der Waals surface area contributed by atoms with Crippen LogP contribution in [-0.2, 0) is 4.79 Å². The van der Waals surface area contributed by atoms with Gasteiger partial charge in [-0.3, -0.25) is 4.79 Å². The molecule has 0 spiro atoms. The number of nitrogens with two attached hydrogens (primary N) is 1. The second-order valence-corrected chi connectivity index (χ2v) is 5.35. The molecule has 0 heterocycles. The van der Waals surface area contributed by atoms with Crippen LogP contribution in [0.2, 0.25) is 0 Å². The lowest BCUT2D eigenvalue weighted by Crippen LogP contribution is -2.37. The second kappa shape index (κ2) is 6.81. The average molecular weight is 280 g/mol. The van der Waals surface area contributed by atoms with E-state index >= 15 is 0 Å². The highest BCUT2D eigenvalue weighted by atomic mass is 19.1. The topological polar surface area (TPSA) is 75.4 Å². The van der Waals surface area contributed by atoms with Gasteiger partial charge in [0.2, 0.25) is 5.91 Å². The summed E-state index contributed by atoms with van der Waals surface area (Å²) >= 11 is 0. The molecule has 110 valence electrons. The van der Waals surface area contributed by atoms with Crippen molar-refractivity contribution in [2.75, 3.05) is 13.1 Å². The van der Waals surface area contributed by atoms with E-state index in [9.17, 15) is 14.3 Å². The third-order valence-electron chi connectivity index (χ3n) is 4.00. The quantitative estimate of drug-likeness (QED) is 0.762. The summed E-state index contributed by atoms with van der Waals surface area (Å²) in [5, 5.41) is 12.7. The molecule has 1 aliphatic rings. The summed E-state index contributed by atoms with van der Waals surface area (Å²) in [5.74, 6) is -0.277. The van der Waals surface area contributed by atoms with Gasteiger partial charge >= 0.3 is 0 Å². The lowest BCUT2D eigenvalue weighted by atomic mass is 9.95. The van der Waals surface area contributed by atoms with E-state index in [0.29, 0.717) is 12.1 Å². The Morgan fingerprint density at radius 2 is 2.30 bits per heavy atom. The molecule has 4 N–H and O–H groups in total. The summed E-state index contributed by atoms with van der Waals surface area (Å²) in [7, 11) is 0. The normalized spacial score (nSPS) is 23.6. The summed E-state index contributed by atoms with van der Waals surface area (Å²) < 4.78 is 13.1. The van der Waals surface area contributed by atoms with Gasteiger partial charge in [-0.2, -0.15) is 0 Å². The van der Waals surface area contributed by atoms with Crippen molar-refractivity contribution < 1.29 is 14.3 Å². The first-order valence-corrected chi connectivity index (χ1v) is 7.03. The molecule has 1 aromatic carbocycles. The first-order valence-electron chi connectivity index (χ1n) is 7.03. The molecule has 0 saturated heterocycles. The third-order valence-corrected chi connectivity index (χ3v) is 4.00. The molecular formula is C15H21FN2O2. The second-order valence-electron chi connectivity index (χ2n) is 5.35. The Bertz CT molecular complexity index is 467. The van der Waals surface area contributed by atoms with Crippen molar-refractivity contribution in [2.24, 2.45) is 17.6 Å². The summed E-state index contributed by atoms with van der Waals surface area (Å²) in [6, 6.07) is 5.77. The van der Waals surface area contributed by atoms with E-state index in [1.54, 1.807) is 6.07 Å². The maximum absolute atomic E-state index is 13.1. The number of aliphatic hydroxyl groups excluding tert-OH is 1. The van der Waals surface area contributed by atoms with Crippen LogP contribution in [0.5, 0.6) is 0 Å². The number of nitrogens with one attached hydrogen (secondary N) is 1. The summed E-state index contributed by atoms with van der Waals surface area (Å²) in [6.45, 7) is 0.612. The zero-order valence-electron chi connectivity index (χ0n) is 11.4. The van der Waals surface area contributed by atoms with Crippen LogP contribution in [0.15, 0.2) is 24.3 Å².